The van der Waals surface area contributed by atoms with Gasteiger partial charge in [-0.25, -0.2) is 8.42 Å². The smallest absolute Gasteiger partial charge is 0.265 e. The zero-order chi connectivity index (χ0) is 14.2. The first kappa shape index (κ1) is 13.6. The average Bonchev–Trinajstić information content (AvgIpc) is 2.56. The van der Waals surface area contributed by atoms with Crippen molar-refractivity contribution >= 4 is 15.7 Å². The third-order valence-corrected chi connectivity index (χ3v) is 4.45. The van der Waals surface area contributed by atoms with E-state index < -0.39 is 10.0 Å². The molecule has 6 heteroatoms. The summed E-state index contributed by atoms with van der Waals surface area (Å²) in [5, 5.41) is 6.60. The molecule has 19 heavy (non-hydrogen) atoms. The number of benzene rings is 1. The molecule has 5 nitrogen and oxygen atoms in total. The molecular formula is C13H17N3O2S. The maximum absolute atomic E-state index is 12.4. The van der Waals surface area contributed by atoms with Gasteiger partial charge in [-0.15, -0.1) is 0 Å². The van der Waals surface area contributed by atoms with Crippen LogP contribution < -0.4 is 4.72 Å². The summed E-state index contributed by atoms with van der Waals surface area (Å²) < 4.78 is 27.3. The zero-order valence-corrected chi connectivity index (χ0v) is 12.2. The topological polar surface area (TPSA) is 74.8 Å². The van der Waals surface area contributed by atoms with Crippen LogP contribution in [0.3, 0.4) is 0 Å². The molecule has 2 rings (SSSR count). The van der Waals surface area contributed by atoms with Crippen molar-refractivity contribution in [2.24, 2.45) is 0 Å². The van der Waals surface area contributed by atoms with Gasteiger partial charge in [0, 0.05) is 5.69 Å². The highest BCUT2D eigenvalue weighted by atomic mass is 32.2. The molecule has 0 aliphatic rings. The van der Waals surface area contributed by atoms with E-state index in [4.69, 9.17) is 0 Å². The Morgan fingerprint density at radius 3 is 2.11 bits per heavy atom. The molecule has 1 aromatic heterocycles. The van der Waals surface area contributed by atoms with E-state index in [0.717, 1.165) is 11.1 Å². The van der Waals surface area contributed by atoms with Gasteiger partial charge in [-0.05, 0) is 51.0 Å². The summed E-state index contributed by atoms with van der Waals surface area (Å²) in [6, 6.07) is 5.59. The number of aromatic nitrogens is 2. The molecule has 0 unspecified atom stereocenters. The van der Waals surface area contributed by atoms with Crippen LogP contribution in [0.4, 0.5) is 5.69 Å². The first-order valence-electron chi connectivity index (χ1n) is 5.92. The number of aryl methyl sites for hydroxylation is 4. The second-order valence-corrected chi connectivity index (χ2v) is 6.36. The van der Waals surface area contributed by atoms with E-state index in [-0.39, 0.29) is 4.90 Å². The van der Waals surface area contributed by atoms with E-state index in [0.29, 0.717) is 17.1 Å². The lowest BCUT2D eigenvalue weighted by Gasteiger charge is -2.09. The van der Waals surface area contributed by atoms with Gasteiger partial charge in [-0.1, -0.05) is 6.07 Å². The van der Waals surface area contributed by atoms with Gasteiger partial charge < -0.3 is 0 Å². The summed E-state index contributed by atoms with van der Waals surface area (Å²) in [5.74, 6) is 0. The van der Waals surface area contributed by atoms with Crippen molar-refractivity contribution < 1.29 is 8.42 Å². The first-order valence-corrected chi connectivity index (χ1v) is 7.40. The summed E-state index contributed by atoms with van der Waals surface area (Å²) >= 11 is 0. The van der Waals surface area contributed by atoms with Crippen LogP contribution in [0.25, 0.3) is 0 Å². The fourth-order valence-corrected chi connectivity index (χ4v) is 3.59. The summed E-state index contributed by atoms with van der Waals surface area (Å²) in [6.45, 7) is 7.22. The minimum absolute atomic E-state index is 0.214. The van der Waals surface area contributed by atoms with Crippen molar-refractivity contribution in [1.82, 2.24) is 10.2 Å². The Labute approximate surface area is 113 Å². The van der Waals surface area contributed by atoms with Crippen molar-refractivity contribution in [2.45, 2.75) is 32.6 Å². The molecule has 2 N–H and O–H groups in total. The summed E-state index contributed by atoms with van der Waals surface area (Å²) in [4.78, 5) is 0.214. The van der Waals surface area contributed by atoms with E-state index in [9.17, 15) is 8.42 Å². The van der Waals surface area contributed by atoms with E-state index >= 15 is 0 Å². The Bertz CT molecular complexity index is 678. The summed E-state index contributed by atoms with van der Waals surface area (Å²) in [5.41, 5.74) is 3.60. The number of nitrogens with zero attached hydrogens (tertiary/aromatic N) is 1. The number of hydrogen-bond acceptors (Lipinski definition) is 3. The maximum Gasteiger partial charge on any atom is 0.265 e. The molecule has 0 fully saturated rings. The predicted molar refractivity (Wildman–Crippen MR) is 74.8 cm³/mol. The molecule has 0 radical (unpaired) electrons. The van der Waals surface area contributed by atoms with Gasteiger partial charge in [0.1, 0.15) is 4.90 Å². The first-order chi connectivity index (χ1) is 8.79. The molecule has 0 aliphatic carbocycles. The average molecular weight is 279 g/mol. The largest absolute Gasteiger partial charge is 0.281 e. The fourth-order valence-electron chi connectivity index (χ4n) is 2.18. The minimum atomic E-state index is -3.61. The molecule has 0 saturated carbocycles. The normalized spacial score (nSPS) is 11.6. The van der Waals surface area contributed by atoms with Gasteiger partial charge in [0.05, 0.1) is 11.4 Å². The molecule has 2 aromatic rings. The molecule has 0 amide bonds. The third kappa shape index (κ3) is 2.78. The van der Waals surface area contributed by atoms with Crippen LogP contribution in [0.15, 0.2) is 23.1 Å². The van der Waals surface area contributed by atoms with Crippen LogP contribution in [0.1, 0.15) is 22.5 Å². The predicted octanol–water partition coefficient (Wildman–Crippen LogP) is 2.44. The second kappa shape index (κ2) is 4.70. The molecule has 0 bridgehead atoms. The standard InChI is InChI=1S/C13H17N3O2S/c1-8-5-9(2)7-12(6-8)16-19(17,18)13-10(3)14-15-11(13)4/h5-7,16H,1-4H3,(H,14,15). The van der Waals surface area contributed by atoms with Crippen LogP contribution in [0, 0.1) is 27.7 Å². The van der Waals surface area contributed by atoms with Gasteiger partial charge in [0.15, 0.2) is 0 Å². The van der Waals surface area contributed by atoms with E-state index in [1.165, 1.54) is 0 Å². The Morgan fingerprint density at radius 2 is 1.63 bits per heavy atom. The van der Waals surface area contributed by atoms with Crippen molar-refractivity contribution in [3.05, 3.63) is 40.7 Å². The minimum Gasteiger partial charge on any atom is -0.281 e. The van der Waals surface area contributed by atoms with Crippen LogP contribution in [-0.2, 0) is 10.0 Å². The second-order valence-electron chi connectivity index (χ2n) is 4.75. The molecule has 1 aromatic carbocycles. The highest BCUT2D eigenvalue weighted by molar-refractivity contribution is 7.92. The van der Waals surface area contributed by atoms with Gasteiger partial charge in [0.25, 0.3) is 10.0 Å². The van der Waals surface area contributed by atoms with Crippen LogP contribution in [0.5, 0.6) is 0 Å². The van der Waals surface area contributed by atoms with Crippen LogP contribution in [-0.4, -0.2) is 18.6 Å². The monoisotopic (exact) mass is 279 g/mol. The number of nitrogens with one attached hydrogen (secondary N) is 2. The van der Waals surface area contributed by atoms with Crippen molar-refractivity contribution in [3.63, 3.8) is 0 Å². The zero-order valence-electron chi connectivity index (χ0n) is 11.4. The summed E-state index contributed by atoms with van der Waals surface area (Å²) in [6.07, 6.45) is 0. The van der Waals surface area contributed by atoms with E-state index in [1.807, 2.05) is 19.9 Å². The van der Waals surface area contributed by atoms with Crippen molar-refractivity contribution in [1.29, 1.82) is 0 Å². The molecule has 0 atom stereocenters. The van der Waals surface area contributed by atoms with Gasteiger partial charge in [-0.2, -0.15) is 5.10 Å². The van der Waals surface area contributed by atoms with Gasteiger partial charge in [0.2, 0.25) is 0 Å². The Balaban J connectivity index is 2.42. The molecule has 0 saturated heterocycles. The molecule has 0 aliphatic heterocycles. The van der Waals surface area contributed by atoms with Crippen LogP contribution >= 0.6 is 0 Å². The highest BCUT2D eigenvalue weighted by Crippen LogP contribution is 2.22. The Kier molecular flexibility index (Phi) is 3.36. The van der Waals surface area contributed by atoms with Gasteiger partial charge >= 0.3 is 0 Å². The lowest BCUT2D eigenvalue weighted by Crippen LogP contribution is -2.14. The fraction of sp³-hybridized carbons (Fsp3) is 0.308. The maximum atomic E-state index is 12.4. The van der Waals surface area contributed by atoms with Crippen molar-refractivity contribution in [3.8, 4) is 0 Å². The number of aromatic amines is 1. The highest BCUT2D eigenvalue weighted by Gasteiger charge is 2.22. The Morgan fingerprint density at radius 1 is 1.05 bits per heavy atom. The van der Waals surface area contributed by atoms with Gasteiger partial charge in [-0.3, -0.25) is 9.82 Å². The van der Waals surface area contributed by atoms with E-state index in [2.05, 4.69) is 14.9 Å². The lowest BCUT2D eigenvalue weighted by atomic mass is 10.1. The number of sulfonamides is 1. The lowest BCUT2D eigenvalue weighted by molar-refractivity contribution is 0.600. The number of hydrogen-bond donors (Lipinski definition) is 2. The summed E-state index contributed by atoms with van der Waals surface area (Å²) in [7, 11) is -3.61. The molecule has 102 valence electrons. The molecule has 0 spiro atoms. The van der Waals surface area contributed by atoms with Crippen molar-refractivity contribution in [2.75, 3.05) is 4.72 Å². The number of anilines is 1. The quantitative estimate of drug-likeness (QED) is 0.906. The van der Waals surface area contributed by atoms with Crippen LogP contribution in [0.2, 0.25) is 0 Å². The number of rotatable bonds is 3. The third-order valence-electron chi connectivity index (χ3n) is 2.80. The SMILES string of the molecule is Cc1cc(C)cc(NS(=O)(=O)c2c(C)n[nH]c2C)c1. The van der Waals surface area contributed by atoms with E-state index in [1.54, 1.807) is 26.0 Å². The molecule has 1 heterocycles. The molecular weight excluding hydrogens is 262 g/mol. The Hall–Kier alpha value is -1.82. The number of H-pyrrole nitrogens is 1.